The van der Waals surface area contributed by atoms with Gasteiger partial charge >= 0.3 is 6.09 Å². The van der Waals surface area contributed by atoms with E-state index in [1.165, 1.54) is 12.1 Å². The molecule has 1 saturated heterocycles. The van der Waals surface area contributed by atoms with Gasteiger partial charge in [-0.25, -0.2) is 28.2 Å². The van der Waals surface area contributed by atoms with Gasteiger partial charge in [-0.2, -0.15) is 0 Å². The normalized spacial score (nSPS) is 15.4. The largest absolute Gasteiger partial charge is 0.444 e. The number of benzene rings is 2. The average molecular weight is 637 g/mol. The van der Waals surface area contributed by atoms with Crippen molar-refractivity contribution in [3.05, 3.63) is 84.1 Å². The molecule has 2 aromatic heterocycles. The summed E-state index contributed by atoms with van der Waals surface area (Å²) in [5.74, 6) is 0.899. The number of amides is 1. The zero-order valence-electron chi connectivity index (χ0n) is 24.5. The van der Waals surface area contributed by atoms with Crippen LogP contribution in [0.4, 0.5) is 16.4 Å². The van der Waals surface area contributed by atoms with Gasteiger partial charge in [-0.05, 0) is 76.1 Å². The first kappa shape index (κ1) is 31.0. The number of hydrogen-bond donors (Lipinski definition) is 2. The van der Waals surface area contributed by atoms with Gasteiger partial charge < -0.3 is 19.7 Å². The molecule has 13 heteroatoms. The van der Waals surface area contributed by atoms with E-state index in [-0.39, 0.29) is 39.4 Å². The molecule has 0 radical (unpaired) electrons. The molecule has 1 aliphatic heterocycles. The van der Waals surface area contributed by atoms with E-state index in [0.29, 0.717) is 30.3 Å². The lowest BCUT2D eigenvalue weighted by atomic mass is 10.1. The van der Waals surface area contributed by atoms with Gasteiger partial charge in [-0.1, -0.05) is 29.8 Å². The Morgan fingerprint density at radius 1 is 1.02 bits per heavy atom. The highest BCUT2D eigenvalue weighted by molar-refractivity contribution is 7.92. The Morgan fingerprint density at radius 3 is 2.64 bits per heavy atom. The molecule has 3 heterocycles. The molecule has 0 bridgehead atoms. The number of nitrogens with zero attached hydrogens (tertiary/aromatic N) is 4. The minimum Gasteiger partial charge on any atom is -0.444 e. The Kier molecular flexibility index (Phi) is 9.21. The predicted octanol–water partition coefficient (Wildman–Crippen LogP) is 6.60. The van der Waals surface area contributed by atoms with Crippen molar-refractivity contribution in [2.24, 2.45) is 0 Å². The van der Waals surface area contributed by atoms with E-state index in [1.807, 2.05) is 20.8 Å². The number of piperidine rings is 1. The van der Waals surface area contributed by atoms with Crippen LogP contribution in [0, 0.1) is 0 Å². The van der Waals surface area contributed by atoms with Crippen LogP contribution in [0.2, 0.25) is 5.02 Å². The molecule has 0 unspecified atom stereocenters. The molecule has 1 fully saturated rings. The summed E-state index contributed by atoms with van der Waals surface area (Å²) in [6, 6.07) is 17.9. The number of halogens is 1. The van der Waals surface area contributed by atoms with Gasteiger partial charge in [0.1, 0.15) is 11.4 Å². The molecule has 4 aromatic rings. The molecule has 5 rings (SSSR count). The Bertz CT molecular complexity index is 1750. The van der Waals surface area contributed by atoms with Crippen LogP contribution in [0.5, 0.6) is 11.6 Å². The summed E-state index contributed by atoms with van der Waals surface area (Å²) in [4.78, 5) is 27.7. The monoisotopic (exact) mass is 636 g/mol. The number of carbonyl (C=O) groups is 1. The molecule has 1 amide bonds. The second-order valence-electron chi connectivity index (χ2n) is 11.2. The number of pyridine rings is 1. The number of para-hydroxylation sites is 1. The first-order valence-electron chi connectivity index (χ1n) is 14.0. The van der Waals surface area contributed by atoms with E-state index in [9.17, 15) is 13.2 Å². The summed E-state index contributed by atoms with van der Waals surface area (Å²) in [6.45, 7) is 6.63. The third-order valence-electron chi connectivity index (χ3n) is 6.56. The highest BCUT2D eigenvalue weighted by Gasteiger charge is 2.28. The number of sulfonamides is 1. The van der Waals surface area contributed by atoms with Crippen LogP contribution in [0.15, 0.2) is 84.0 Å². The van der Waals surface area contributed by atoms with Crippen molar-refractivity contribution >= 4 is 39.4 Å². The van der Waals surface area contributed by atoms with Crippen molar-refractivity contribution in [1.82, 2.24) is 19.9 Å². The third-order valence-corrected chi connectivity index (χ3v) is 8.25. The molecule has 1 aliphatic rings. The predicted molar refractivity (Wildman–Crippen MR) is 168 cm³/mol. The molecular formula is C31H33ClN6O5S. The number of aromatic nitrogens is 3. The van der Waals surface area contributed by atoms with Crippen LogP contribution in [-0.2, 0) is 14.8 Å². The molecule has 0 spiro atoms. The fraction of sp³-hybridized carbons (Fsp3) is 0.290. The van der Waals surface area contributed by atoms with Crippen LogP contribution >= 0.6 is 11.6 Å². The van der Waals surface area contributed by atoms with Crippen molar-refractivity contribution in [2.45, 2.75) is 50.2 Å². The van der Waals surface area contributed by atoms with Crippen molar-refractivity contribution in [3.63, 3.8) is 0 Å². The molecular weight excluding hydrogens is 604 g/mol. The Labute approximate surface area is 261 Å². The topological polar surface area (TPSA) is 136 Å². The van der Waals surface area contributed by atoms with E-state index in [0.717, 1.165) is 12.8 Å². The molecule has 230 valence electrons. The van der Waals surface area contributed by atoms with Gasteiger partial charge in [-0.3, -0.25) is 4.72 Å². The van der Waals surface area contributed by atoms with Crippen LogP contribution < -0.4 is 14.8 Å². The molecule has 0 saturated carbocycles. The smallest absolute Gasteiger partial charge is 0.410 e. The summed E-state index contributed by atoms with van der Waals surface area (Å²) in [5.41, 5.74) is 0.835. The van der Waals surface area contributed by atoms with E-state index < -0.39 is 15.6 Å². The Morgan fingerprint density at radius 2 is 1.84 bits per heavy atom. The number of likely N-dealkylation sites (tertiary alicyclic amines) is 1. The minimum atomic E-state index is -3.95. The van der Waals surface area contributed by atoms with E-state index in [2.05, 4.69) is 25.0 Å². The minimum absolute atomic E-state index is 0.00571. The zero-order chi connectivity index (χ0) is 31.3. The van der Waals surface area contributed by atoms with Gasteiger partial charge in [0.15, 0.2) is 0 Å². The fourth-order valence-corrected chi connectivity index (χ4v) is 5.93. The molecule has 0 aliphatic carbocycles. The number of hydrogen-bond acceptors (Lipinski definition) is 9. The third kappa shape index (κ3) is 7.94. The Hall–Kier alpha value is -4.42. The maximum atomic E-state index is 13.1. The van der Waals surface area contributed by atoms with Crippen molar-refractivity contribution in [2.75, 3.05) is 23.1 Å². The SMILES string of the molecule is CC(C)(C)OC(=O)N1CCC[C@H](Nc2nccc(-c3cccnc3Oc3cccc(S(=O)(=O)Nc4ccccc4Cl)c3)n2)C1. The van der Waals surface area contributed by atoms with Crippen LogP contribution in [0.1, 0.15) is 33.6 Å². The average Bonchev–Trinajstić information content (AvgIpc) is 2.98. The van der Waals surface area contributed by atoms with Crippen LogP contribution in [0.3, 0.4) is 0 Å². The van der Waals surface area contributed by atoms with Gasteiger partial charge in [0.25, 0.3) is 10.0 Å². The Balaban J connectivity index is 1.31. The maximum Gasteiger partial charge on any atom is 0.410 e. The quantitative estimate of drug-likeness (QED) is 0.219. The summed E-state index contributed by atoms with van der Waals surface area (Å²) in [6.07, 6.45) is 4.53. The number of anilines is 2. The summed E-state index contributed by atoms with van der Waals surface area (Å²) in [5, 5.41) is 3.62. The van der Waals surface area contributed by atoms with Crippen LogP contribution in [0.25, 0.3) is 11.3 Å². The molecule has 11 nitrogen and oxygen atoms in total. The van der Waals surface area contributed by atoms with Crippen molar-refractivity contribution in [1.29, 1.82) is 0 Å². The standard InChI is InChI=1S/C31H33ClN6O5S/c1-31(2,3)43-30(39)38-18-8-9-21(20-38)35-29-34-17-15-26(36-29)24-12-7-16-33-28(24)42-22-10-6-11-23(19-22)44(40,41)37-27-14-5-4-13-25(27)32/h4-7,10-17,19,21,37H,8-9,18,20H2,1-3H3,(H,34,35,36)/t21-/m0/s1. The zero-order valence-corrected chi connectivity index (χ0v) is 26.1. The van der Waals surface area contributed by atoms with E-state index in [1.54, 1.807) is 71.9 Å². The van der Waals surface area contributed by atoms with Gasteiger partial charge in [-0.15, -0.1) is 0 Å². The lowest BCUT2D eigenvalue weighted by Crippen LogP contribution is -2.47. The lowest BCUT2D eigenvalue weighted by molar-refractivity contribution is 0.0206. The summed E-state index contributed by atoms with van der Waals surface area (Å²) in [7, 11) is -3.95. The summed E-state index contributed by atoms with van der Waals surface area (Å²) < 4.78 is 40.3. The van der Waals surface area contributed by atoms with Gasteiger partial charge in [0.2, 0.25) is 11.8 Å². The maximum absolute atomic E-state index is 13.1. The van der Waals surface area contributed by atoms with E-state index in [4.69, 9.17) is 21.1 Å². The molecule has 44 heavy (non-hydrogen) atoms. The highest BCUT2D eigenvalue weighted by Crippen LogP contribution is 2.32. The molecule has 2 N–H and O–H groups in total. The number of carbonyl (C=O) groups excluding carboxylic acids is 1. The van der Waals surface area contributed by atoms with Gasteiger partial charge in [0, 0.05) is 37.6 Å². The second-order valence-corrected chi connectivity index (χ2v) is 13.3. The van der Waals surface area contributed by atoms with E-state index >= 15 is 0 Å². The second kappa shape index (κ2) is 13.1. The number of nitrogens with one attached hydrogen (secondary N) is 2. The van der Waals surface area contributed by atoms with Crippen LogP contribution in [-0.4, -0.2) is 59.1 Å². The first-order valence-corrected chi connectivity index (χ1v) is 15.9. The van der Waals surface area contributed by atoms with Crippen molar-refractivity contribution < 1.29 is 22.7 Å². The summed E-state index contributed by atoms with van der Waals surface area (Å²) >= 11 is 6.14. The fourth-order valence-electron chi connectivity index (χ4n) is 4.58. The number of rotatable bonds is 8. The number of ether oxygens (including phenoxy) is 2. The molecule has 1 atom stereocenters. The lowest BCUT2D eigenvalue weighted by Gasteiger charge is -2.34. The molecule has 2 aromatic carbocycles. The highest BCUT2D eigenvalue weighted by atomic mass is 35.5. The first-order chi connectivity index (χ1) is 21.0. The van der Waals surface area contributed by atoms with Gasteiger partial charge in [0.05, 0.1) is 26.9 Å². The van der Waals surface area contributed by atoms with Crippen molar-refractivity contribution in [3.8, 4) is 22.9 Å².